The molecule has 234 valence electrons. The molecule has 1 atom stereocenters. The molecule has 0 radical (unpaired) electrons. The summed E-state index contributed by atoms with van der Waals surface area (Å²) >= 11 is 0. The summed E-state index contributed by atoms with van der Waals surface area (Å²) in [5.74, 6) is -1.11. The molecule has 2 aromatic rings. The Bertz CT molecular complexity index is 1210. The molecule has 0 aliphatic rings. The SMILES string of the molecule is COC(=O)OC/C=C/CCCNC(=O)C(c1ccccc1)(C(C)C)N(Cc1ccccc1)C(=O)CNC(=O)OC(C)(C)C. The van der Waals surface area contributed by atoms with E-state index in [4.69, 9.17) is 9.47 Å². The van der Waals surface area contributed by atoms with Gasteiger partial charge in [0.2, 0.25) is 5.91 Å². The van der Waals surface area contributed by atoms with E-state index in [1.165, 1.54) is 7.11 Å². The zero-order chi connectivity index (χ0) is 31.9. The summed E-state index contributed by atoms with van der Waals surface area (Å²) in [6.07, 6.45) is 3.35. The maximum atomic E-state index is 14.3. The number of ether oxygens (including phenoxy) is 3. The van der Waals surface area contributed by atoms with Crippen molar-refractivity contribution in [2.45, 2.75) is 65.1 Å². The van der Waals surface area contributed by atoms with E-state index in [2.05, 4.69) is 15.4 Å². The maximum Gasteiger partial charge on any atom is 0.508 e. The van der Waals surface area contributed by atoms with Crippen LogP contribution in [0, 0.1) is 5.92 Å². The maximum absolute atomic E-state index is 14.3. The molecule has 0 aromatic heterocycles. The number of carbonyl (C=O) groups is 4. The van der Waals surface area contributed by atoms with Gasteiger partial charge in [-0.1, -0.05) is 86.7 Å². The van der Waals surface area contributed by atoms with Gasteiger partial charge in [-0.05, 0) is 50.7 Å². The van der Waals surface area contributed by atoms with Crippen LogP contribution in [-0.2, 0) is 35.9 Å². The number of amides is 3. The Balaban J connectivity index is 2.37. The third-order valence-corrected chi connectivity index (χ3v) is 6.55. The van der Waals surface area contributed by atoms with Crippen molar-refractivity contribution in [2.75, 3.05) is 26.8 Å². The molecule has 1 unspecified atom stereocenters. The first-order valence-corrected chi connectivity index (χ1v) is 14.4. The van der Waals surface area contributed by atoms with Crippen molar-refractivity contribution in [3.8, 4) is 0 Å². The zero-order valence-corrected chi connectivity index (χ0v) is 26.1. The Hall–Kier alpha value is -4.34. The number of methoxy groups -OCH3 is 1. The molecule has 43 heavy (non-hydrogen) atoms. The average Bonchev–Trinajstić information content (AvgIpc) is 2.97. The van der Waals surface area contributed by atoms with Gasteiger partial charge in [-0.2, -0.15) is 0 Å². The van der Waals surface area contributed by atoms with Gasteiger partial charge in [0.25, 0.3) is 5.91 Å². The van der Waals surface area contributed by atoms with Crippen LogP contribution in [0.4, 0.5) is 9.59 Å². The molecule has 0 heterocycles. The van der Waals surface area contributed by atoms with Crippen molar-refractivity contribution in [3.63, 3.8) is 0 Å². The molecule has 0 aliphatic carbocycles. The summed E-state index contributed by atoms with van der Waals surface area (Å²) in [6, 6.07) is 18.6. The fraction of sp³-hybridized carbons (Fsp3) is 0.455. The molecule has 3 amide bonds. The number of hydrogen-bond donors (Lipinski definition) is 2. The number of nitrogens with one attached hydrogen (secondary N) is 2. The monoisotopic (exact) mass is 595 g/mol. The van der Waals surface area contributed by atoms with E-state index >= 15 is 0 Å². The van der Waals surface area contributed by atoms with E-state index in [0.717, 1.165) is 5.56 Å². The van der Waals surface area contributed by atoms with Crippen molar-refractivity contribution in [1.29, 1.82) is 0 Å². The van der Waals surface area contributed by atoms with Crippen molar-refractivity contribution < 1.29 is 33.4 Å². The highest BCUT2D eigenvalue weighted by Gasteiger charge is 2.50. The van der Waals surface area contributed by atoms with Crippen LogP contribution >= 0.6 is 0 Å². The third-order valence-electron chi connectivity index (χ3n) is 6.55. The van der Waals surface area contributed by atoms with Gasteiger partial charge in [-0.3, -0.25) is 9.59 Å². The van der Waals surface area contributed by atoms with E-state index < -0.39 is 29.3 Å². The summed E-state index contributed by atoms with van der Waals surface area (Å²) in [4.78, 5) is 53.4. The number of nitrogens with zero attached hydrogens (tertiary/aromatic N) is 1. The van der Waals surface area contributed by atoms with E-state index in [-0.39, 0.29) is 31.5 Å². The van der Waals surface area contributed by atoms with Crippen LogP contribution in [-0.4, -0.2) is 61.4 Å². The molecule has 0 saturated carbocycles. The number of alkyl carbamates (subject to hydrolysis) is 1. The summed E-state index contributed by atoms with van der Waals surface area (Å²) < 4.78 is 14.6. The molecule has 0 aliphatic heterocycles. The van der Waals surface area contributed by atoms with Gasteiger partial charge in [0.15, 0.2) is 0 Å². The van der Waals surface area contributed by atoms with Crippen molar-refractivity contribution in [1.82, 2.24) is 15.5 Å². The van der Waals surface area contributed by atoms with Crippen molar-refractivity contribution >= 4 is 24.1 Å². The molecule has 0 fully saturated rings. The van der Waals surface area contributed by atoms with E-state index in [1.54, 1.807) is 31.7 Å². The lowest BCUT2D eigenvalue weighted by molar-refractivity contribution is -0.153. The average molecular weight is 596 g/mol. The normalized spacial score (nSPS) is 12.7. The standard InChI is InChI=1S/C33H45N3O7/c1-25(2)33(27-19-13-10-14-20-27,29(38)34-21-15-7-8-16-22-42-31(40)41-6)36(24-26-17-11-9-12-18-26)28(37)23-35-30(39)43-32(3,4)5/h8-14,16-20,25H,7,15,21-24H2,1-6H3,(H,34,38)(H,35,39)/b16-8+. The number of rotatable bonds is 14. The number of benzene rings is 2. The first kappa shape index (κ1) is 34.9. The molecule has 0 saturated heterocycles. The van der Waals surface area contributed by atoms with Gasteiger partial charge in [0, 0.05) is 13.1 Å². The molecule has 2 aromatic carbocycles. The largest absolute Gasteiger partial charge is 0.508 e. The number of unbranched alkanes of at least 4 members (excludes halogenated alkanes) is 1. The van der Waals surface area contributed by atoms with Crippen LogP contribution in [0.3, 0.4) is 0 Å². The first-order chi connectivity index (χ1) is 20.4. The lowest BCUT2D eigenvalue weighted by atomic mass is 9.76. The lowest BCUT2D eigenvalue weighted by Crippen LogP contribution is -2.62. The topological polar surface area (TPSA) is 123 Å². The summed E-state index contributed by atoms with van der Waals surface area (Å²) in [5, 5.41) is 5.62. The minimum absolute atomic E-state index is 0.0946. The molecule has 0 spiro atoms. The molecule has 10 nitrogen and oxygen atoms in total. The molecular formula is C33H45N3O7. The second-order valence-electron chi connectivity index (χ2n) is 11.2. The van der Waals surface area contributed by atoms with Crippen LogP contribution in [0.2, 0.25) is 0 Å². The minimum Gasteiger partial charge on any atom is -0.444 e. The van der Waals surface area contributed by atoms with Gasteiger partial charge in [-0.25, -0.2) is 9.59 Å². The smallest absolute Gasteiger partial charge is 0.444 e. The third kappa shape index (κ3) is 10.8. The lowest BCUT2D eigenvalue weighted by Gasteiger charge is -2.46. The molecule has 2 N–H and O–H groups in total. The minimum atomic E-state index is -1.39. The van der Waals surface area contributed by atoms with E-state index in [9.17, 15) is 19.2 Å². The van der Waals surface area contributed by atoms with Crippen LogP contribution in [0.5, 0.6) is 0 Å². The van der Waals surface area contributed by atoms with Gasteiger partial charge in [-0.15, -0.1) is 0 Å². The predicted molar refractivity (Wildman–Crippen MR) is 164 cm³/mol. The summed E-state index contributed by atoms with van der Waals surface area (Å²) in [5.41, 5.74) is -0.634. The number of carbonyl (C=O) groups excluding carboxylic acids is 4. The van der Waals surface area contributed by atoms with Crippen LogP contribution in [0.15, 0.2) is 72.8 Å². The second kappa shape index (κ2) is 16.9. The number of allylic oxidation sites excluding steroid dienone is 1. The summed E-state index contributed by atoms with van der Waals surface area (Å²) in [7, 11) is 1.24. The van der Waals surface area contributed by atoms with Crippen LogP contribution in [0.25, 0.3) is 0 Å². The Kier molecular flexibility index (Phi) is 13.7. The van der Waals surface area contributed by atoms with Crippen LogP contribution < -0.4 is 10.6 Å². The summed E-state index contributed by atoms with van der Waals surface area (Å²) in [6.45, 7) is 9.27. The van der Waals surface area contributed by atoms with Crippen molar-refractivity contribution in [3.05, 3.63) is 83.9 Å². The highest BCUT2D eigenvalue weighted by atomic mass is 16.7. The fourth-order valence-corrected chi connectivity index (χ4v) is 4.66. The van der Waals surface area contributed by atoms with E-state index in [0.29, 0.717) is 24.9 Å². The Morgan fingerprint density at radius 2 is 1.53 bits per heavy atom. The fourth-order valence-electron chi connectivity index (χ4n) is 4.66. The van der Waals surface area contributed by atoms with Gasteiger partial charge in [0.05, 0.1) is 7.11 Å². The second-order valence-corrected chi connectivity index (χ2v) is 11.2. The molecular weight excluding hydrogens is 550 g/mol. The van der Waals surface area contributed by atoms with Crippen molar-refractivity contribution in [2.24, 2.45) is 5.92 Å². The first-order valence-electron chi connectivity index (χ1n) is 14.4. The van der Waals surface area contributed by atoms with Crippen LogP contribution in [0.1, 0.15) is 58.6 Å². The Morgan fingerprint density at radius 1 is 0.907 bits per heavy atom. The predicted octanol–water partition coefficient (Wildman–Crippen LogP) is 5.33. The van der Waals surface area contributed by atoms with Gasteiger partial charge < -0.3 is 29.7 Å². The Labute approximate surface area is 254 Å². The quantitative estimate of drug-likeness (QED) is 0.172. The molecule has 10 heteroatoms. The zero-order valence-electron chi connectivity index (χ0n) is 26.1. The highest BCUT2D eigenvalue weighted by Crippen LogP contribution is 2.38. The number of hydrogen-bond acceptors (Lipinski definition) is 7. The molecule has 0 bridgehead atoms. The van der Waals surface area contributed by atoms with Gasteiger partial charge >= 0.3 is 12.2 Å². The van der Waals surface area contributed by atoms with E-state index in [1.807, 2.05) is 80.6 Å². The van der Waals surface area contributed by atoms with Gasteiger partial charge in [0.1, 0.15) is 24.3 Å². The Morgan fingerprint density at radius 3 is 2.12 bits per heavy atom. The highest BCUT2D eigenvalue weighted by molar-refractivity contribution is 5.94. The molecule has 2 rings (SSSR count).